The zero-order valence-electron chi connectivity index (χ0n) is 17.3. The molecule has 0 bridgehead atoms. The summed E-state index contributed by atoms with van der Waals surface area (Å²) >= 11 is 0. The molecule has 1 aromatic rings. The lowest BCUT2D eigenvalue weighted by atomic mass is 9.54. The second kappa shape index (κ2) is 8.82. The van der Waals surface area contributed by atoms with E-state index in [2.05, 4.69) is 12.2 Å². The normalized spacial score (nSPS) is 22.8. The van der Waals surface area contributed by atoms with Gasteiger partial charge in [0.1, 0.15) is 5.54 Å². The van der Waals surface area contributed by atoms with Crippen molar-refractivity contribution in [2.45, 2.75) is 58.6 Å². The third-order valence-electron chi connectivity index (χ3n) is 5.64. The Balaban J connectivity index is 2.20. The van der Waals surface area contributed by atoms with Crippen LogP contribution in [0, 0.1) is 5.41 Å². The van der Waals surface area contributed by atoms with Crippen molar-refractivity contribution in [3.63, 3.8) is 0 Å². The highest BCUT2D eigenvalue weighted by molar-refractivity contribution is 5.99. The molecule has 1 saturated carbocycles. The summed E-state index contributed by atoms with van der Waals surface area (Å²) in [6.45, 7) is 8.60. The van der Waals surface area contributed by atoms with Gasteiger partial charge in [0.15, 0.2) is 11.5 Å². The number of aliphatic carboxylic acids is 1. The molecule has 2 rings (SSSR count). The van der Waals surface area contributed by atoms with Crippen LogP contribution in [0.1, 0.15) is 57.3 Å². The Hall–Kier alpha value is -2.28. The zero-order valence-corrected chi connectivity index (χ0v) is 17.3. The lowest BCUT2D eigenvalue weighted by Gasteiger charge is -2.58. The molecule has 0 aliphatic heterocycles. The molecule has 0 aromatic heterocycles. The lowest BCUT2D eigenvalue weighted by Crippen LogP contribution is -2.76. The summed E-state index contributed by atoms with van der Waals surface area (Å²) in [5.41, 5.74) is -1.80. The Morgan fingerprint density at radius 2 is 1.96 bits per heavy atom. The first-order chi connectivity index (χ1) is 13.2. The number of carboxylic acids is 1. The molecule has 1 aromatic carbocycles. The van der Waals surface area contributed by atoms with Gasteiger partial charge in [-0.15, -0.1) is 0 Å². The fourth-order valence-corrected chi connectivity index (χ4v) is 3.56. The van der Waals surface area contributed by atoms with E-state index in [1.807, 2.05) is 6.92 Å². The van der Waals surface area contributed by atoms with Gasteiger partial charge in [-0.25, -0.2) is 4.79 Å². The highest BCUT2D eigenvalue weighted by Gasteiger charge is 2.66. The molecule has 156 valence electrons. The van der Waals surface area contributed by atoms with Crippen molar-refractivity contribution in [2.75, 3.05) is 20.3 Å². The average molecular weight is 393 g/mol. The summed E-state index contributed by atoms with van der Waals surface area (Å²) < 4.78 is 16.6. The van der Waals surface area contributed by atoms with Gasteiger partial charge in [0, 0.05) is 24.0 Å². The van der Waals surface area contributed by atoms with Gasteiger partial charge >= 0.3 is 5.97 Å². The molecule has 2 atom stereocenters. The molecular weight excluding hydrogens is 362 g/mol. The minimum Gasteiger partial charge on any atom is -0.493 e. The summed E-state index contributed by atoms with van der Waals surface area (Å²) in [5, 5.41) is 12.6. The average Bonchev–Trinajstić information content (AvgIpc) is 2.66. The van der Waals surface area contributed by atoms with Crippen molar-refractivity contribution >= 4 is 11.9 Å². The van der Waals surface area contributed by atoms with Gasteiger partial charge in [-0.1, -0.05) is 27.2 Å². The topological polar surface area (TPSA) is 94.1 Å². The van der Waals surface area contributed by atoms with Gasteiger partial charge in [0.25, 0.3) is 5.91 Å². The molecule has 1 aliphatic rings. The van der Waals surface area contributed by atoms with Crippen molar-refractivity contribution < 1.29 is 28.9 Å². The fourth-order valence-electron chi connectivity index (χ4n) is 3.56. The second-order valence-electron chi connectivity index (χ2n) is 7.60. The Morgan fingerprint density at radius 3 is 2.50 bits per heavy atom. The van der Waals surface area contributed by atoms with Crippen LogP contribution in [0.25, 0.3) is 0 Å². The zero-order chi connectivity index (χ0) is 20.9. The first-order valence-corrected chi connectivity index (χ1v) is 9.71. The van der Waals surface area contributed by atoms with E-state index in [0.29, 0.717) is 30.3 Å². The van der Waals surface area contributed by atoms with Crippen molar-refractivity contribution in [3.8, 4) is 11.5 Å². The van der Waals surface area contributed by atoms with Crippen LogP contribution >= 0.6 is 0 Å². The molecular formula is C21H31NO6. The number of benzene rings is 1. The minimum absolute atomic E-state index is 0.224. The predicted octanol–water partition coefficient (Wildman–Crippen LogP) is 3.26. The number of amides is 1. The number of unbranched alkanes of at least 4 members (excludes halogenated alkanes) is 1. The van der Waals surface area contributed by atoms with Crippen molar-refractivity contribution in [3.05, 3.63) is 23.8 Å². The number of carboxylic acid groups (broad SMARTS) is 1. The van der Waals surface area contributed by atoms with Gasteiger partial charge in [-0.05, 0) is 31.5 Å². The summed E-state index contributed by atoms with van der Waals surface area (Å²) in [4.78, 5) is 24.9. The number of ether oxygens (including phenoxy) is 3. The molecule has 0 radical (unpaired) electrons. The van der Waals surface area contributed by atoms with Crippen LogP contribution in [-0.4, -0.2) is 48.9 Å². The van der Waals surface area contributed by atoms with Gasteiger partial charge in [0.2, 0.25) is 0 Å². The smallest absolute Gasteiger partial charge is 0.330 e. The Labute approximate surface area is 166 Å². The van der Waals surface area contributed by atoms with E-state index >= 15 is 0 Å². The largest absolute Gasteiger partial charge is 0.493 e. The Bertz CT molecular complexity index is 717. The molecule has 7 nitrogen and oxygen atoms in total. The van der Waals surface area contributed by atoms with E-state index in [0.717, 1.165) is 12.8 Å². The maximum absolute atomic E-state index is 12.8. The molecule has 1 aliphatic carbocycles. The summed E-state index contributed by atoms with van der Waals surface area (Å²) in [6, 6.07) is 4.85. The van der Waals surface area contributed by atoms with Gasteiger partial charge in [-0.3, -0.25) is 4.79 Å². The molecule has 1 fully saturated rings. The first kappa shape index (κ1) is 22.0. The SMILES string of the molecule is CCCCOc1ccc(C(=O)NC2(C(=O)O)CC(OCC)C2(C)C)cc1OC. The van der Waals surface area contributed by atoms with E-state index in [4.69, 9.17) is 14.2 Å². The second-order valence-corrected chi connectivity index (χ2v) is 7.60. The number of rotatable bonds is 10. The van der Waals surface area contributed by atoms with Crippen molar-refractivity contribution in [1.29, 1.82) is 0 Å². The molecule has 0 spiro atoms. The van der Waals surface area contributed by atoms with Crippen LogP contribution in [0.4, 0.5) is 0 Å². The van der Waals surface area contributed by atoms with Crippen LogP contribution in [-0.2, 0) is 9.53 Å². The van der Waals surface area contributed by atoms with Crippen LogP contribution in [0.15, 0.2) is 18.2 Å². The van der Waals surface area contributed by atoms with Crippen LogP contribution in [0.3, 0.4) is 0 Å². The maximum atomic E-state index is 12.8. The maximum Gasteiger partial charge on any atom is 0.330 e. The summed E-state index contributed by atoms with van der Waals surface area (Å²) in [7, 11) is 1.50. The number of nitrogens with one attached hydrogen (secondary N) is 1. The van der Waals surface area contributed by atoms with E-state index < -0.39 is 22.8 Å². The van der Waals surface area contributed by atoms with Crippen LogP contribution in [0.2, 0.25) is 0 Å². The third kappa shape index (κ3) is 3.94. The number of carbonyl (C=O) groups excluding carboxylic acids is 1. The summed E-state index contributed by atoms with van der Waals surface area (Å²) in [5.74, 6) is -0.536. The molecule has 1 amide bonds. The van der Waals surface area contributed by atoms with Crippen molar-refractivity contribution in [2.24, 2.45) is 5.41 Å². The van der Waals surface area contributed by atoms with Gasteiger partial charge in [-0.2, -0.15) is 0 Å². The first-order valence-electron chi connectivity index (χ1n) is 9.71. The monoisotopic (exact) mass is 393 g/mol. The number of hydrogen-bond acceptors (Lipinski definition) is 5. The minimum atomic E-state index is -1.38. The summed E-state index contributed by atoms with van der Waals surface area (Å²) in [6.07, 6.45) is 1.93. The lowest BCUT2D eigenvalue weighted by molar-refractivity contribution is -0.190. The third-order valence-corrected chi connectivity index (χ3v) is 5.64. The van der Waals surface area contributed by atoms with Crippen LogP contribution < -0.4 is 14.8 Å². The standard InChI is InChI=1S/C21H31NO6/c1-6-8-11-28-15-10-9-14(12-16(15)26-5)18(23)22-21(19(24)25)13-17(27-7-2)20(21,3)4/h9-10,12,17H,6-8,11,13H2,1-5H3,(H,22,23)(H,24,25). The number of carbonyl (C=O) groups is 2. The number of methoxy groups -OCH3 is 1. The highest BCUT2D eigenvalue weighted by atomic mass is 16.5. The van der Waals surface area contributed by atoms with Gasteiger partial charge < -0.3 is 24.6 Å². The van der Waals surface area contributed by atoms with E-state index in [-0.39, 0.29) is 12.5 Å². The Morgan fingerprint density at radius 1 is 1.25 bits per heavy atom. The molecule has 0 heterocycles. The molecule has 7 heteroatoms. The highest BCUT2D eigenvalue weighted by Crippen LogP contribution is 2.51. The van der Waals surface area contributed by atoms with Crippen molar-refractivity contribution in [1.82, 2.24) is 5.32 Å². The van der Waals surface area contributed by atoms with E-state index in [9.17, 15) is 14.7 Å². The fraction of sp³-hybridized carbons (Fsp3) is 0.619. The van der Waals surface area contributed by atoms with E-state index in [1.165, 1.54) is 7.11 Å². The molecule has 0 saturated heterocycles. The predicted molar refractivity (Wildman–Crippen MR) is 105 cm³/mol. The van der Waals surface area contributed by atoms with Gasteiger partial charge in [0.05, 0.1) is 19.8 Å². The quantitative estimate of drug-likeness (QED) is 0.593. The Kier molecular flexibility index (Phi) is 6.93. The molecule has 28 heavy (non-hydrogen) atoms. The van der Waals surface area contributed by atoms with Crippen LogP contribution in [0.5, 0.6) is 11.5 Å². The number of hydrogen-bond donors (Lipinski definition) is 2. The van der Waals surface area contributed by atoms with E-state index in [1.54, 1.807) is 32.0 Å². The molecule has 2 N–H and O–H groups in total. The molecule has 2 unspecified atom stereocenters.